The summed E-state index contributed by atoms with van der Waals surface area (Å²) in [5.41, 5.74) is 4.38. The van der Waals surface area contributed by atoms with Crippen LogP contribution in [-0.4, -0.2) is 9.55 Å². The first kappa shape index (κ1) is 17.4. The summed E-state index contributed by atoms with van der Waals surface area (Å²) in [6.45, 7) is 0. The minimum absolute atomic E-state index is 0.953. The van der Waals surface area contributed by atoms with Crippen LogP contribution in [0.25, 0.3) is 49.7 Å². The van der Waals surface area contributed by atoms with Crippen LogP contribution >= 0.6 is 15.9 Å². The van der Waals surface area contributed by atoms with E-state index in [-0.39, 0.29) is 0 Å². The molecule has 3 heteroatoms. The van der Waals surface area contributed by atoms with Crippen LogP contribution in [0.4, 0.5) is 0 Å². The first-order valence-corrected chi connectivity index (χ1v) is 10.7. The number of imidazole rings is 1. The highest BCUT2D eigenvalue weighted by Crippen LogP contribution is 2.38. The first-order valence-electron chi connectivity index (χ1n) is 9.94. The average Bonchev–Trinajstić information content (AvgIpc) is 3.21. The van der Waals surface area contributed by atoms with Gasteiger partial charge in [-0.15, -0.1) is 0 Å². The van der Waals surface area contributed by atoms with Crippen LogP contribution in [0.2, 0.25) is 0 Å². The van der Waals surface area contributed by atoms with Gasteiger partial charge in [0, 0.05) is 26.5 Å². The SMILES string of the molecule is Brc1ccc(-n2c(-c3ccccc3)nc3c4ccccc4c4ccccc4c32)cc1. The first-order chi connectivity index (χ1) is 14.8. The molecule has 0 N–H and O–H groups in total. The Labute approximate surface area is 182 Å². The van der Waals surface area contributed by atoms with Crippen LogP contribution in [0, 0.1) is 0 Å². The fourth-order valence-electron chi connectivity index (χ4n) is 4.33. The molecule has 0 saturated carbocycles. The maximum Gasteiger partial charge on any atom is 0.145 e. The molecular formula is C27H17BrN2. The van der Waals surface area contributed by atoms with E-state index in [4.69, 9.17) is 4.98 Å². The molecule has 0 unspecified atom stereocenters. The lowest BCUT2D eigenvalue weighted by molar-refractivity contribution is 1.10. The largest absolute Gasteiger partial charge is 0.292 e. The summed E-state index contributed by atoms with van der Waals surface area (Å²) < 4.78 is 3.36. The second-order valence-corrected chi connectivity index (χ2v) is 8.32. The van der Waals surface area contributed by atoms with Crippen LogP contribution < -0.4 is 0 Å². The van der Waals surface area contributed by atoms with Gasteiger partial charge in [-0.3, -0.25) is 4.57 Å². The number of hydrogen-bond donors (Lipinski definition) is 0. The molecule has 0 aliphatic carbocycles. The van der Waals surface area contributed by atoms with E-state index in [9.17, 15) is 0 Å². The summed E-state index contributed by atoms with van der Waals surface area (Å²) in [6.07, 6.45) is 0. The van der Waals surface area contributed by atoms with E-state index in [1.807, 2.05) is 6.07 Å². The molecule has 1 heterocycles. The van der Waals surface area contributed by atoms with Gasteiger partial charge in [0.15, 0.2) is 0 Å². The smallest absolute Gasteiger partial charge is 0.145 e. The highest BCUT2D eigenvalue weighted by atomic mass is 79.9. The van der Waals surface area contributed by atoms with Crippen molar-refractivity contribution in [2.45, 2.75) is 0 Å². The summed E-state index contributed by atoms with van der Waals surface area (Å²) in [4.78, 5) is 5.21. The molecule has 0 atom stereocenters. The van der Waals surface area contributed by atoms with Crippen molar-refractivity contribution in [1.29, 1.82) is 0 Å². The van der Waals surface area contributed by atoms with E-state index in [2.05, 4.69) is 118 Å². The lowest BCUT2D eigenvalue weighted by atomic mass is 10.00. The van der Waals surface area contributed by atoms with Crippen LogP contribution in [0.3, 0.4) is 0 Å². The molecule has 30 heavy (non-hydrogen) atoms. The highest BCUT2D eigenvalue weighted by molar-refractivity contribution is 9.10. The lowest BCUT2D eigenvalue weighted by Crippen LogP contribution is -1.98. The van der Waals surface area contributed by atoms with Gasteiger partial charge in [-0.25, -0.2) is 4.98 Å². The van der Waals surface area contributed by atoms with E-state index < -0.39 is 0 Å². The Morgan fingerprint density at radius 2 is 1.13 bits per heavy atom. The second-order valence-electron chi connectivity index (χ2n) is 7.40. The zero-order valence-corrected chi connectivity index (χ0v) is 17.7. The van der Waals surface area contributed by atoms with E-state index in [0.29, 0.717) is 0 Å². The monoisotopic (exact) mass is 448 g/mol. The predicted octanol–water partition coefficient (Wildman–Crippen LogP) is 7.76. The van der Waals surface area contributed by atoms with Crippen LogP contribution in [0.1, 0.15) is 0 Å². The van der Waals surface area contributed by atoms with E-state index >= 15 is 0 Å². The Hall–Kier alpha value is -3.43. The van der Waals surface area contributed by atoms with Crippen molar-refractivity contribution in [3.63, 3.8) is 0 Å². The summed E-state index contributed by atoms with van der Waals surface area (Å²) in [7, 11) is 0. The summed E-state index contributed by atoms with van der Waals surface area (Å²) in [6, 6.07) is 36.1. The fourth-order valence-corrected chi connectivity index (χ4v) is 4.59. The van der Waals surface area contributed by atoms with Gasteiger partial charge in [0.2, 0.25) is 0 Å². The van der Waals surface area contributed by atoms with Crippen molar-refractivity contribution in [3.05, 3.63) is 108 Å². The van der Waals surface area contributed by atoms with Gasteiger partial charge in [0.1, 0.15) is 5.82 Å². The van der Waals surface area contributed by atoms with Gasteiger partial charge < -0.3 is 0 Å². The van der Waals surface area contributed by atoms with E-state index in [0.717, 1.165) is 32.6 Å². The number of nitrogens with zero attached hydrogens (tertiary/aromatic N) is 2. The highest BCUT2D eigenvalue weighted by Gasteiger charge is 2.19. The third-order valence-electron chi connectivity index (χ3n) is 5.65. The lowest BCUT2D eigenvalue weighted by Gasteiger charge is -2.12. The summed E-state index contributed by atoms with van der Waals surface area (Å²) in [5.74, 6) is 0.953. The average molecular weight is 449 g/mol. The quantitative estimate of drug-likeness (QED) is 0.247. The minimum Gasteiger partial charge on any atom is -0.292 e. The van der Waals surface area contributed by atoms with Crippen molar-refractivity contribution in [2.75, 3.05) is 0 Å². The maximum atomic E-state index is 5.21. The van der Waals surface area contributed by atoms with Gasteiger partial charge in [-0.1, -0.05) is 94.8 Å². The molecule has 0 aliphatic rings. The van der Waals surface area contributed by atoms with Gasteiger partial charge in [0.05, 0.1) is 11.0 Å². The summed E-state index contributed by atoms with van der Waals surface area (Å²) >= 11 is 3.57. The Kier molecular flexibility index (Phi) is 3.96. The molecule has 6 aromatic rings. The molecule has 142 valence electrons. The van der Waals surface area contributed by atoms with Gasteiger partial charge >= 0.3 is 0 Å². The molecule has 2 nitrogen and oxygen atoms in total. The van der Waals surface area contributed by atoms with E-state index in [1.165, 1.54) is 21.5 Å². The van der Waals surface area contributed by atoms with Crippen molar-refractivity contribution in [2.24, 2.45) is 0 Å². The molecule has 0 saturated heterocycles. The molecular weight excluding hydrogens is 432 g/mol. The molecule has 0 amide bonds. The van der Waals surface area contributed by atoms with Crippen molar-refractivity contribution in [1.82, 2.24) is 9.55 Å². The molecule has 0 spiro atoms. The molecule has 0 radical (unpaired) electrons. The van der Waals surface area contributed by atoms with Gasteiger partial charge in [0.25, 0.3) is 0 Å². The van der Waals surface area contributed by atoms with Gasteiger partial charge in [-0.2, -0.15) is 0 Å². The van der Waals surface area contributed by atoms with E-state index in [1.54, 1.807) is 0 Å². The standard InChI is InChI=1S/C27H17BrN2/c28-19-14-16-20(17-15-19)30-26-24-13-7-5-11-22(24)21-10-4-6-12-23(21)25(26)29-27(30)18-8-2-1-3-9-18/h1-17H. The number of hydrogen-bond acceptors (Lipinski definition) is 1. The molecule has 0 bridgehead atoms. The Balaban J connectivity index is 1.87. The number of aromatic nitrogens is 2. The number of halogens is 1. The Morgan fingerprint density at radius 3 is 1.83 bits per heavy atom. The zero-order chi connectivity index (χ0) is 20.1. The Bertz CT molecular complexity index is 1530. The van der Waals surface area contributed by atoms with Crippen LogP contribution in [0.15, 0.2) is 108 Å². The minimum atomic E-state index is 0.953. The Morgan fingerprint density at radius 1 is 0.567 bits per heavy atom. The number of fused-ring (bicyclic) bond motifs is 6. The molecule has 0 fully saturated rings. The topological polar surface area (TPSA) is 17.8 Å². The molecule has 1 aromatic heterocycles. The normalized spacial score (nSPS) is 11.5. The summed E-state index contributed by atoms with van der Waals surface area (Å²) in [5, 5.41) is 4.88. The third-order valence-corrected chi connectivity index (χ3v) is 6.18. The van der Waals surface area contributed by atoms with Crippen molar-refractivity contribution >= 4 is 48.5 Å². The van der Waals surface area contributed by atoms with Crippen molar-refractivity contribution < 1.29 is 0 Å². The van der Waals surface area contributed by atoms with Gasteiger partial charge in [-0.05, 0) is 35.0 Å². The maximum absolute atomic E-state index is 5.21. The van der Waals surface area contributed by atoms with Crippen LogP contribution in [-0.2, 0) is 0 Å². The number of rotatable bonds is 2. The van der Waals surface area contributed by atoms with Crippen LogP contribution in [0.5, 0.6) is 0 Å². The molecule has 5 aromatic carbocycles. The molecule has 0 aliphatic heterocycles. The third kappa shape index (κ3) is 2.59. The zero-order valence-electron chi connectivity index (χ0n) is 16.1. The fraction of sp³-hybridized carbons (Fsp3) is 0. The number of benzene rings is 5. The predicted molar refractivity (Wildman–Crippen MR) is 129 cm³/mol. The molecule has 6 rings (SSSR count). The van der Waals surface area contributed by atoms with Crippen molar-refractivity contribution in [3.8, 4) is 17.1 Å². The second kappa shape index (κ2) is 6.82.